The van der Waals surface area contributed by atoms with E-state index in [1.807, 2.05) is 49.3 Å². The number of hydrogen-bond acceptors (Lipinski definition) is 4. The van der Waals surface area contributed by atoms with Gasteiger partial charge in [-0.25, -0.2) is 12.7 Å². The van der Waals surface area contributed by atoms with Crippen LogP contribution in [0, 0.1) is 0 Å². The van der Waals surface area contributed by atoms with Gasteiger partial charge in [0, 0.05) is 39.3 Å². The predicted molar refractivity (Wildman–Crippen MR) is 107 cm³/mol. The molecule has 0 saturated heterocycles. The first-order chi connectivity index (χ1) is 12.7. The normalized spacial score (nSPS) is 11.8. The van der Waals surface area contributed by atoms with Gasteiger partial charge in [-0.05, 0) is 43.9 Å². The van der Waals surface area contributed by atoms with Crippen LogP contribution in [0.5, 0.6) is 0 Å². The zero-order valence-corrected chi connectivity index (χ0v) is 17.1. The zero-order valence-electron chi connectivity index (χ0n) is 16.3. The van der Waals surface area contributed by atoms with E-state index in [1.54, 1.807) is 17.0 Å². The summed E-state index contributed by atoms with van der Waals surface area (Å²) in [6.45, 7) is 1.83. The molecule has 146 valence electrons. The number of rotatable bonds is 8. The van der Waals surface area contributed by atoms with E-state index >= 15 is 0 Å². The number of hydrogen-bond donors (Lipinski definition) is 0. The molecule has 6 nitrogen and oxygen atoms in total. The van der Waals surface area contributed by atoms with Crippen LogP contribution in [0.1, 0.15) is 15.9 Å². The number of nitrogens with zero attached hydrogens (tertiary/aromatic N) is 3. The van der Waals surface area contributed by atoms with E-state index in [0.717, 1.165) is 16.4 Å². The van der Waals surface area contributed by atoms with Gasteiger partial charge in [0.15, 0.2) is 0 Å². The van der Waals surface area contributed by atoms with Gasteiger partial charge >= 0.3 is 0 Å². The van der Waals surface area contributed by atoms with Crippen LogP contribution in [-0.2, 0) is 16.6 Å². The SMILES string of the molecule is CN(C)CCN(Cc1ccccc1)C(=O)c1ccc(S(=O)(=O)N(C)C)cc1. The summed E-state index contributed by atoms with van der Waals surface area (Å²) < 4.78 is 25.5. The number of likely N-dealkylation sites (N-methyl/N-ethyl adjacent to an activating group) is 1. The lowest BCUT2D eigenvalue weighted by Gasteiger charge is -2.25. The monoisotopic (exact) mass is 389 g/mol. The van der Waals surface area contributed by atoms with Crippen molar-refractivity contribution < 1.29 is 13.2 Å². The van der Waals surface area contributed by atoms with Crippen LogP contribution in [0.4, 0.5) is 0 Å². The molecular weight excluding hydrogens is 362 g/mol. The molecular formula is C20H27N3O3S. The Hall–Kier alpha value is -2.22. The summed E-state index contributed by atoms with van der Waals surface area (Å²) >= 11 is 0. The molecule has 0 N–H and O–H groups in total. The molecule has 0 saturated carbocycles. The second-order valence-electron chi connectivity index (χ2n) is 6.83. The average molecular weight is 390 g/mol. The maximum absolute atomic E-state index is 13.0. The van der Waals surface area contributed by atoms with Crippen LogP contribution in [0.25, 0.3) is 0 Å². The maximum atomic E-state index is 13.0. The van der Waals surface area contributed by atoms with E-state index < -0.39 is 10.0 Å². The number of carbonyl (C=O) groups is 1. The summed E-state index contributed by atoms with van der Waals surface area (Å²) in [5, 5.41) is 0. The van der Waals surface area contributed by atoms with Gasteiger partial charge in [-0.3, -0.25) is 4.79 Å². The molecule has 0 unspecified atom stereocenters. The lowest BCUT2D eigenvalue weighted by molar-refractivity contribution is 0.0732. The lowest BCUT2D eigenvalue weighted by atomic mass is 10.1. The minimum atomic E-state index is -3.51. The molecule has 7 heteroatoms. The number of sulfonamides is 1. The zero-order chi connectivity index (χ0) is 20.0. The Morgan fingerprint density at radius 3 is 1.96 bits per heavy atom. The third-order valence-corrected chi connectivity index (χ3v) is 6.03. The fourth-order valence-electron chi connectivity index (χ4n) is 2.54. The van der Waals surface area contributed by atoms with Crippen molar-refractivity contribution in [2.24, 2.45) is 0 Å². The van der Waals surface area contributed by atoms with Crippen LogP contribution in [-0.4, -0.2) is 69.7 Å². The van der Waals surface area contributed by atoms with E-state index in [-0.39, 0.29) is 10.8 Å². The third kappa shape index (κ3) is 5.63. The molecule has 0 radical (unpaired) electrons. The van der Waals surface area contributed by atoms with E-state index in [1.165, 1.54) is 26.2 Å². The summed E-state index contributed by atoms with van der Waals surface area (Å²) in [5.74, 6) is -0.116. The topological polar surface area (TPSA) is 60.9 Å². The van der Waals surface area contributed by atoms with Crippen molar-refractivity contribution in [2.75, 3.05) is 41.3 Å². The molecule has 27 heavy (non-hydrogen) atoms. The quantitative estimate of drug-likeness (QED) is 0.694. The predicted octanol–water partition coefficient (Wildman–Crippen LogP) is 2.14. The summed E-state index contributed by atoms with van der Waals surface area (Å²) in [5.41, 5.74) is 1.53. The molecule has 0 bridgehead atoms. The van der Waals surface area contributed by atoms with Crippen LogP contribution < -0.4 is 0 Å². The van der Waals surface area contributed by atoms with Gasteiger partial charge < -0.3 is 9.80 Å². The molecule has 0 aliphatic rings. The van der Waals surface area contributed by atoms with Crippen molar-refractivity contribution in [1.29, 1.82) is 0 Å². The molecule has 2 aromatic rings. The Labute approximate surface area is 162 Å². The molecule has 0 aliphatic carbocycles. The molecule has 2 aromatic carbocycles. The van der Waals surface area contributed by atoms with Crippen LogP contribution in [0.15, 0.2) is 59.5 Å². The number of carbonyl (C=O) groups excluding carboxylic acids is 1. The van der Waals surface area contributed by atoms with Gasteiger partial charge in [0.2, 0.25) is 10.0 Å². The van der Waals surface area contributed by atoms with Crippen molar-refractivity contribution in [3.8, 4) is 0 Å². The smallest absolute Gasteiger partial charge is 0.254 e. The number of benzene rings is 2. The second kappa shape index (κ2) is 9.12. The second-order valence-corrected chi connectivity index (χ2v) is 8.98. The highest BCUT2D eigenvalue weighted by atomic mass is 32.2. The number of amides is 1. The summed E-state index contributed by atoms with van der Waals surface area (Å²) in [4.78, 5) is 17.0. The highest BCUT2D eigenvalue weighted by Crippen LogP contribution is 2.16. The van der Waals surface area contributed by atoms with Crippen molar-refractivity contribution >= 4 is 15.9 Å². The molecule has 0 heterocycles. The van der Waals surface area contributed by atoms with Crippen molar-refractivity contribution in [3.63, 3.8) is 0 Å². The highest BCUT2D eigenvalue weighted by Gasteiger charge is 2.20. The summed E-state index contributed by atoms with van der Waals surface area (Å²) in [6.07, 6.45) is 0. The largest absolute Gasteiger partial charge is 0.333 e. The van der Waals surface area contributed by atoms with Crippen LogP contribution in [0.2, 0.25) is 0 Å². The Morgan fingerprint density at radius 2 is 1.44 bits per heavy atom. The summed E-state index contributed by atoms with van der Waals surface area (Å²) in [7, 11) is 3.39. The van der Waals surface area contributed by atoms with E-state index in [9.17, 15) is 13.2 Å². The van der Waals surface area contributed by atoms with Crippen molar-refractivity contribution in [2.45, 2.75) is 11.4 Å². The molecule has 0 atom stereocenters. The Morgan fingerprint density at radius 1 is 0.852 bits per heavy atom. The van der Waals surface area contributed by atoms with Crippen LogP contribution >= 0.6 is 0 Å². The molecule has 1 amide bonds. The van der Waals surface area contributed by atoms with Gasteiger partial charge in [0.05, 0.1) is 4.90 Å². The molecule has 0 spiro atoms. The average Bonchev–Trinajstić information content (AvgIpc) is 2.65. The highest BCUT2D eigenvalue weighted by molar-refractivity contribution is 7.89. The van der Waals surface area contributed by atoms with Crippen LogP contribution in [0.3, 0.4) is 0 Å². The Bertz CT molecular complexity index is 848. The van der Waals surface area contributed by atoms with Crippen molar-refractivity contribution in [1.82, 2.24) is 14.1 Å². The van der Waals surface area contributed by atoms with E-state index in [0.29, 0.717) is 18.7 Å². The first-order valence-electron chi connectivity index (χ1n) is 8.72. The van der Waals surface area contributed by atoms with Gasteiger partial charge in [-0.2, -0.15) is 0 Å². The Kier molecular flexibility index (Phi) is 7.12. The Balaban J connectivity index is 2.23. The van der Waals surface area contributed by atoms with E-state index in [4.69, 9.17) is 0 Å². The molecule has 0 aliphatic heterocycles. The van der Waals surface area contributed by atoms with Gasteiger partial charge in [0.25, 0.3) is 5.91 Å². The maximum Gasteiger partial charge on any atom is 0.254 e. The minimum absolute atomic E-state index is 0.116. The van der Waals surface area contributed by atoms with E-state index in [2.05, 4.69) is 0 Å². The molecule has 0 aromatic heterocycles. The minimum Gasteiger partial charge on any atom is -0.333 e. The first-order valence-corrected chi connectivity index (χ1v) is 10.2. The van der Waals surface area contributed by atoms with Gasteiger partial charge in [-0.1, -0.05) is 30.3 Å². The third-order valence-electron chi connectivity index (χ3n) is 4.20. The first kappa shape index (κ1) is 21.1. The fraction of sp³-hybridized carbons (Fsp3) is 0.350. The van der Waals surface area contributed by atoms with Gasteiger partial charge in [-0.15, -0.1) is 0 Å². The molecule has 0 fully saturated rings. The lowest BCUT2D eigenvalue weighted by Crippen LogP contribution is -2.36. The standard InChI is InChI=1S/C20H27N3O3S/c1-21(2)14-15-23(16-17-8-6-5-7-9-17)20(24)18-10-12-19(13-11-18)27(25,26)22(3)4/h5-13H,14-16H2,1-4H3. The van der Waals surface area contributed by atoms with Crippen molar-refractivity contribution in [3.05, 3.63) is 65.7 Å². The van der Waals surface area contributed by atoms with Gasteiger partial charge in [0.1, 0.15) is 0 Å². The molecule has 2 rings (SSSR count). The fourth-order valence-corrected chi connectivity index (χ4v) is 3.44. The summed E-state index contributed by atoms with van der Waals surface area (Å²) in [6, 6.07) is 15.9.